The number of anilines is 1. The summed E-state index contributed by atoms with van der Waals surface area (Å²) in [6.07, 6.45) is 2.52. The Bertz CT molecular complexity index is 330. The maximum Gasteiger partial charge on any atom is 0.140 e. The van der Waals surface area contributed by atoms with Crippen LogP contribution in [0.4, 0.5) is 5.82 Å². The second-order valence-corrected chi connectivity index (χ2v) is 5.03. The maximum absolute atomic E-state index is 5.80. The van der Waals surface area contributed by atoms with Gasteiger partial charge in [0.15, 0.2) is 0 Å². The van der Waals surface area contributed by atoms with Gasteiger partial charge in [-0.05, 0) is 42.3 Å². The number of aromatic nitrogens is 1. The number of halogens is 2. The average molecular weight is 293 g/mol. The molecular weight excluding hydrogens is 277 g/mol. The molecule has 15 heavy (non-hydrogen) atoms. The van der Waals surface area contributed by atoms with Crippen LogP contribution in [0.25, 0.3) is 0 Å². The van der Waals surface area contributed by atoms with Crippen LogP contribution < -0.4 is 11.1 Å². The van der Waals surface area contributed by atoms with Gasteiger partial charge in [0.05, 0.1) is 9.50 Å². The Hall–Kier alpha value is -0.320. The van der Waals surface area contributed by atoms with Crippen molar-refractivity contribution in [3.05, 3.63) is 21.8 Å². The summed E-state index contributed by atoms with van der Waals surface area (Å²) in [4.78, 5) is 4.19. The minimum absolute atomic E-state index is 0.179. The van der Waals surface area contributed by atoms with Crippen LogP contribution in [0.15, 0.2) is 16.7 Å². The van der Waals surface area contributed by atoms with Gasteiger partial charge in [-0.3, -0.25) is 0 Å². The predicted molar refractivity (Wildman–Crippen MR) is 68.3 cm³/mol. The van der Waals surface area contributed by atoms with Crippen LogP contribution in [0.5, 0.6) is 0 Å². The van der Waals surface area contributed by atoms with Crippen molar-refractivity contribution in [1.29, 1.82) is 0 Å². The zero-order valence-corrected chi connectivity index (χ0v) is 11.1. The molecule has 3 nitrogen and oxygen atoms in total. The van der Waals surface area contributed by atoms with E-state index in [0.717, 1.165) is 16.7 Å². The molecule has 0 bridgehead atoms. The van der Waals surface area contributed by atoms with Gasteiger partial charge in [0.2, 0.25) is 0 Å². The Morgan fingerprint density at radius 3 is 2.80 bits per heavy atom. The Balaban J connectivity index is 2.64. The molecule has 0 amide bonds. The van der Waals surface area contributed by atoms with E-state index < -0.39 is 0 Å². The molecule has 1 aromatic heterocycles. The number of nitrogens with two attached hydrogens (primary N) is 1. The first-order chi connectivity index (χ1) is 6.99. The molecule has 1 aromatic rings. The lowest BCUT2D eigenvalue weighted by Crippen LogP contribution is -2.26. The monoisotopic (exact) mass is 291 g/mol. The van der Waals surface area contributed by atoms with Gasteiger partial charge < -0.3 is 11.1 Å². The fourth-order valence-corrected chi connectivity index (χ4v) is 2.12. The average Bonchev–Trinajstić information content (AvgIpc) is 2.08. The molecule has 0 aliphatic rings. The number of nitrogens with one attached hydrogen (secondary N) is 1. The number of rotatable bonds is 4. The van der Waals surface area contributed by atoms with Crippen LogP contribution in [0.1, 0.15) is 20.3 Å². The van der Waals surface area contributed by atoms with Crippen molar-refractivity contribution in [2.45, 2.75) is 32.4 Å². The van der Waals surface area contributed by atoms with Crippen molar-refractivity contribution in [3.63, 3.8) is 0 Å². The normalized spacial score (nSPS) is 14.7. The molecule has 0 saturated carbocycles. The lowest BCUT2D eigenvalue weighted by Gasteiger charge is -2.17. The highest BCUT2D eigenvalue weighted by Gasteiger charge is 2.08. The Labute approximate surface area is 104 Å². The molecular formula is C10H15BrClN3. The second-order valence-electron chi connectivity index (χ2n) is 3.74. The third-order valence-electron chi connectivity index (χ3n) is 1.92. The lowest BCUT2D eigenvalue weighted by molar-refractivity contribution is 0.603. The molecule has 1 heterocycles. The first-order valence-electron chi connectivity index (χ1n) is 4.82. The van der Waals surface area contributed by atoms with Crippen molar-refractivity contribution in [1.82, 2.24) is 4.98 Å². The van der Waals surface area contributed by atoms with Crippen molar-refractivity contribution < 1.29 is 0 Å². The quantitative estimate of drug-likeness (QED) is 0.897. The third kappa shape index (κ3) is 4.36. The zero-order chi connectivity index (χ0) is 11.4. The Kier molecular flexibility index (Phi) is 4.83. The van der Waals surface area contributed by atoms with Gasteiger partial charge in [0, 0.05) is 18.3 Å². The minimum atomic E-state index is 0.179. The summed E-state index contributed by atoms with van der Waals surface area (Å²) in [6.45, 7) is 4.06. The highest BCUT2D eigenvalue weighted by atomic mass is 79.9. The fourth-order valence-electron chi connectivity index (χ4n) is 1.37. The van der Waals surface area contributed by atoms with Crippen molar-refractivity contribution in [2.24, 2.45) is 5.73 Å². The predicted octanol–water partition coefficient (Wildman–Crippen LogP) is 3.04. The van der Waals surface area contributed by atoms with Crippen LogP contribution in [-0.4, -0.2) is 17.1 Å². The summed E-state index contributed by atoms with van der Waals surface area (Å²) in [5.74, 6) is 0.799. The molecule has 0 aliphatic heterocycles. The first kappa shape index (κ1) is 12.7. The van der Waals surface area contributed by atoms with E-state index >= 15 is 0 Å². The van der Waals surface area contributed by atoms with Gasteiger partial charge >= 0.3 is 0 Å². The van der Waals surface area contributed by atoms with E-state index in [4.69, 9.17) is 17.3 Å². The summed E-state index contributed by atoms with van der Waals surface area (Å²) in [7, 11) is 0. The summed E-state index contributed by atoms with van der Waals surface area (Å²) in [5, 5.41) is 3.89. The molecule has 5 heteroatoms. The standard InChI is InChI=1S/C10H15BrClN3/c1-6(13)3-7(2)15-10-9(11)4-8(12)5-14-10/h4-7H,3,13H2,1-2H3,(H,14,15). The van der Waals surface area contributed by atoms with E-state index in [1.165, 1.54) is 0 Å². The van der Waals surface area contributed by atoms with Gasteiger partial charge in [-0.1, -0.05) is 11.6 Å². The topological polar surface area (TPSA) is 50.9 Å². The number of hydrogen-bond acceptors (Lipinski definition) is 3. The van der Waals surface area contributed by atoms with E-state index in [1.54, 1.807) is 6.20 Å². The minimum Gasteiger partial charge on any atom is -0.367 e. The van der Waals surface area contributed by atoms with Crippen molar-refractivity contribution >= 4 is 33.3 Å². The molecule has 0 saturated heterocycles. The molecule has 1 rings (SSSR count). The molecule has 0 aliphatic carbocycles. The van der Waals surface area contributed by atoms with Crippen LogP contribution in [0.3, 0.4) is 0 Å². The largest absolute Gasteiger partial charge is 0.367 e. The molecule has 0 aromatic carbocycles. The third-order valence-corrected chi connectivity index (χ3v) is 2.73. The van der Waals surface area contributed by atoms with E-state index in [2.05, 4.69) is 33.2 Å². The zero-order valence-electron chi connectivity index (χ0n) is 8.80. The van der Waals surface area contributed by atoms with Crippen LogP contribution in [0, 0.1) is 0 Å². The van der Waals surface area contributed by atoms with Crippen LogP contribution >= 0.6 is 27.5 Å². The van der Waals surface area contributed by atoms with E-state index in [0.29, 0.717) is 5.02 Å². The van der Waals surface area contributed by atoms with Gasteiger partial charge in [0.25, 0.3) is 0 Å². The molecule has 0 spiro atoms. The lowest BCUT2D eigenvalue weighted by atomic mass is 10.1. The van der Waals surface area contributed by atoms with E-state index in [1.807, 2.05) is 13.0 Å². The van der Waals surface area contributed by atoms with E-state index in [9.17, 15) is 0 Å². The van der Waals surface area contributed by atoms with Crippen molar-refractivity contribution in [3.8, 4) is 0 Å². The number of nitrogens with zero attached hydrogens (tertiary/aromatic N) is 1. The molecule has 84 valence electrons. The van der Waals surface area contributed by atoms with Gasteiger partial charge in [-0.15, -0.1) is 0 Å². The Morgan fingerprint density at radius 1 is 1.60 bits per heavy atom. The Morgan fingerprint density at radius 2 is 2.27 bits per heavy atom. The molecule has 0 fully saturated rings. The summed E-state index contributed by atoms with van der Waals surface area (Å²) < 4.78 is 0.867. The maximum atomic E-state index is 5.80. The fraction of sp³-hybridized carbons (Fsp3) is 0.500. The van der Waals surface area contributed by atoms with Gasteiger partial charge in [-0.2, -0.15) is 0 Å². The number of pyridine rings is 1. The van der Waals surface area contributed by atoms with Gasteiger partial charge in [0.1, 0.15) is 5.82 Å². The van der Waals surface area contributed by atoms with E-state index in [-0.39, 0.29) is 12.1 Å². The number of hydrogen-bond donors (Lipinski definition) is 2. The summed E-state index contributed by atoms with van der Waals surface area (Å²) >= 11 is 9.20. The summed E-state index contributed by atoms with van der Waals surface area (Å²) in [6, 6.07) is 2.28. The van der Waals surface area contributed by atoms with Crippen LogP contribution in [-0.2, 0) is 0 Å². The smallest absolute Gasteiger partial charge is 0.140 e. The second kappa shape index (κ2) is 5.68. The van der Waals surface area contributed by atoms with Crippen molar-refractivity contribution in [2.75, 3.05) is 5.32 Å². The van der Waals surface area contributed by atoms with Gasteiger partial charge in [-0.25, -0.2) is 4.98 Å². The highest BCUT2D eigenvalue weighted by molar-refractivity contribution is 9.10. The molecule has 0 radical (unpaired) electrons. The molecule has 3 N–H and O–H groups in total. The van der Waals surface area contributed by atoms with Crippen LogP contribution in [0.2, 0.25) is 5.02 Å². The molecule has 2 atom stereocenters. The summed E-state index contributed by atoms with van der Waals surface area (Å²) in [5.41, 5.74) is 5.72. The SMILES string of the molecule is CC(N)CC(C)Nc1ncc(Cl)cc1Br. The highest BCUT2D eigenvalue weighted by Crippen LogP contribution is 2.23. The first-order valence-corrected chi connectivity index (χ1v) is 5.99. The molecule has 2 unspecified atom stereocenters.